The molecule has 0 fully saturated rings. The molecular formula is C9H10F3N3O2S2. The molecule has 1 heterocycles. The predicted octanol–water partition coefficient (Wildman–Crippen LogP) is 2.26. The molecule has 10 heteroatoms. The maximum atomic E-state index is 10.6. The van der Waals surface area contributed by atoms with Crippen LogP contribution < -0.4 is 5.73 Å². The van der Waals surface area contributed by atoms with Crippen molar-refractivity contribution in [1.82, 2.24) is 10.2 Å². The Morgan fingerprint density at radius 2 is 2.11 bits per heavy atom. The van der Waals surface area contributed by atoms with Gasteiger partial charge in [-0.1, -0.05) is 23.1 Å². The number of aliphatic carboxylic acids is 1. The van der Waals surface area contributed by atoms with E-state index in [1.165, 1.54) is 11.3 Å². The fourth-order valence-corrected chi connectivity index (χ4v) is 2.26. The number of carboxylic acid groups (broad SMARTS) is 1. The van der Waals surface area contributed by atoms with E-state index >= 15 is 0 Å². The fraction of sp³-hybridized carbons (Fsp3) is 0.444. The first kappa shape index (κ1) is 17.5. The third-order valence-electron chi connectivity index (χ3n) is 1.36. The molecule has 0 saturated carbocycles. The Labute approximate surface area is 115 Å². The number of nitrogen functional groups attached to an aromatic ring is 1. The van der Waals surface area contributed by atoms with E-state index in [2.05, 4.69) is 16.1 Å². The van der Waals surface area contributed by atoms with E-state index in [0.717, 1.165) is 22.9 Å². The van der Waals surface area contributed by atoms with Crippen LogP contribution in [0.1, 0.15) is 12.8 Å². The second kappa shape index (κ2) is 8.60. The molecule has 0 unspecified atom stereocenters. The van der Waals surface area contributed by atoms with Gasteiger partial charge in [0.15, 0.2) is 4.34 Å². The lowest BCUT2D eigenvalue weighted by molar-refractivity contribution is -0.192. The summed E-state index contributed by atoms with van der Waals surface area (Å²) in [6.45, 7) is 0. The highest BCUT2D eigenvalue weighted by atomic mass is 32.2. The summed E-state index contributed by atoms with van der Waals surface area (Å²) < 4.78 is 32.7. The zero-order chi connectivity index (χ0) is 14.9. The molecule has 0 aliphatic rings. The maximum absolute atomic E-state index is 10.6. The lowest BCUT2D eigenvalue weighted by Gasteiger charge is -1.93. The lowest BCUT2D eigenvalue weighted by atomic mass is 10.4. The lowest BCUT2D eigenvalue weighted by Crippen LogP contribution is -2.21. The van der Waals surface area contributed by atoms with Gasteiger partial charge in [-0.2, -0.15) is 13.2 Å². The minimum Gasteiger partial charge on any atom is -0.475 e. The zero-order valence-electron chi connectivity index (χ0n) is 9.48. The minimum absolute atomic E-state index is 0.523. The summed E-state index contributed by atoms with van der Waals surface area (Å²) in [6, 6.07) is 0. The van der Waals surface area contributed by atoms with Gasteiger partial charge in [0.05, 0.1) is 0 Å². The molecule has 1 aromatic rings. The summed E-state index contributed by atoms with van der Waals surface area (Å²) >= 11 is 3.06. The number of carbonyl (C=O) groups is 1. The van der Waals surface area contributed by atoms with Gasteiger partial charge in [0.2, 0.25) is 5.13 Å². The molecule has 5 nitrogen and oxygen atoms in total. The van der Waals surface area contributed by atoms with Gasteiger partial charge < -0.3 is 10.8 Å². The average Bonchev–Trinajstić information content (AvgIpc) is 2.70. The number of hydrogen-bond donors (Lipinski definition) is 2. The highest BCUT2D eigenvalue weighted by molar-refractivity contribution is 8.01. The molecule has 3 N–H and O–H groups in total. The van der Waals surface area contributed by atoms with Crippen molar-refractivity contribution in [3.8, 4) is 12.3 Å². The molecule has 0 saturated heterocycles. The highest BCUT2D eigenvalue weighted by Gasteiger charge is 2.38. The Balaban J connectivity index is 0.000000399. The van der Waals surface area contributed by atoms with Crippen molar-refractivity contribution in [2.24, 2.45) is 0 Å². The molecule has 0 aromatic carbocycles. The molecule has 19 heavy (non-hydrogen) atoms. The fourth-order valence-electron chi connectivity index (χ4n) is 0.612. The molecule has 0 aliphatic heterocycles. The van der Waals surface area contributed by atoms with Gasteiger partial charge in [0.25, 0.3) is 0 Å². The predicted molar refractivity (Wildman–Crippen MR) is 66.8 cm³/mol. The number of aromatic nitrogens is 2. The summed E-state index contributed by atoms with van der Waals surface area (Å²) in [5, 5.41) is 15.2. The summed E-state index contributed by atoms with van der Waals surface area (Å²) in [6.07, 6.45) is 1.86. The molecule has 0 radical (unpaired) electrons. The second-order valence-corrected chi connectivity index (χ2v) is 5.22. The highest BCUT2D eigenvalue weighted by Crippen LogP contribution is 2.23. The number of nitrogens with zero attached hydrogens (tertiary/aromatic N) is 2. The average molecular weight is 313 g/mol. The number of unbranched alkanes of at least 4 members (excludes halogenated alkanes) is 1. The van der Waals surface area contributed by atoms with E-state index in [1.54, 1.807) is 11.8 Å². The van der Waals surface area contributed by atoms with Crippen LogP contribution in [0.15, 0.2) is 4.34 Å². The standard InChI is InChI=1S/C7H9N3S2.C2HF3O2/c1-2-3-4-5-11-7-10-9-6(8)12-7;3-2(4,5)1(6)7/h1H,3-5H2,(H2,8,9);(H,6,7). The second-order valence-electron chi connectivity index (χ2n) is 2.87. The van der Waals surface area contributed by atoms with Gasteiger partial charge in [0.1, 0.15) is 0 Å². The van der Waals surface area contributed by atoms with E-state index < -0.39 is 12.1 Å². The summed E-state index contributed by atoms with van der Waals surface area (Å²) in [5.74, 6) is 0.817. The van der Waals surface area contributed by atoms with Gasteiger partial charge in [-0.15, -0.1) is 22.5 Å². The van der Waals surface area contributed by atoms with Gasteiger partial charge >= 0.3 is 12.1 Å². The number of hydrogen-bond acceptors (Lipinski definition) is 6. The van der Waals surface area contributed by atoms with E-state index in [-0.39, 0.29) is 0 Å². The van der Waals surface area contributed by atoms with E-state index in [4.69, 9.17) is 22.1 Å². The van der Waals surface area contributed by atoms with Crippen molar-refractivity contribution in [3.63, 3.8) is 0 Å². The molecule has 0 bridgehead atoms. The molecular weight excluding hydrogens is 303 g/mol. The number of anilines is 1. The van der Waals surface area contributed by atoms with Crippen LogP contribution >= 0.6 is 23.1 Å². The van der Waals surface area contributed by atoms with Crippen molar-refractivity contribution < 1.29 is 23.1 Å². The maximum Gasteiger partial charge on any atom is 0.490 e. The van der Waals surface area contributed by atoms with Crippen LogP contribution in [0.25, 0.3) is 0 Å². The van der Waals surface area contributed by atoms with Crippen LogP contribution in [0.2, 0.25) is 0 Å². The third kappa shape index (κ3) is 9.15. The number of terminal acetylenes is 1. The Kier molecular flexibility index (Phi) is 7.94. The SMILES string of the molecule is C#CCCCSc1nnc(N)s1.O=C(O)C(F)(F)F. The molecule has 1 aromatic heterocycles. The van der Waals surface area contributed by atoms with Crippen LogP contribution in [0, 0.1) is 12.3 Å². The van der Waals surface area contributed by atoms with Gasteiger partial charge in [-0.05, 0) is 6.42 Å². The normalized spacial score (nSPS) is 10.2. The van der Waals surface area contributed by atoms with Crippen molar-refractivity contribution in [2.75, 3.05) is 11.5 Å². The molecule has 1 rings (SSSR count). The van der Waals surface area contributed by atoms with Crippen LogP contribution in [0.5, 0.6) is 0 Å². The Morgan fingerprint density at radius 3 is 2.47 bits per heavy atom. The first-order valence-corrected chi connectivity index (χ1v) is 6.53. The third-order valence-corrected chi connectivity index (χ3v) is 3.33. The number of thioether (sulfide) groups is 1. The molecule has 0 atom stereocenters. The van der Waals surface area contributed by atoms with Crippen molar-refractivity contribution in [3.05, 3.63) is 0 Å². The number of rotatable bonds is 4. The number of carboxylic acids is 1. The number of halogens is 3. The van der Waals surface area contributed by atoms with Gasteiger partial charge in [0, 0.05) is 12.2 Å². The van der Waals surface area contributed by atoms with Crippen LogP contribution in [0.4, 0.5) is 18.3 Å². The van der Waals surface area contributed by atoms with E-state index in [1.807, 2.05) is 0 Å². The summed E-state index contributed by atoms with van der Waals surface area (Å²) in [7, 11) is 0. The quantitative estimate of drug-likeness (QED) is 0.503. The van der Waals surface area contributed by atoms with Gasteiger partial charge in [-0.3, -0.25) is 0 Å². The number of alkyl halides is 3. The molecule has 0 spiro atoms. The van der Waals surface area contributed by atoms with Crippen molar-refractivity contribution >= 4 is 34.2 Å². The minimum atomic E-state index is -5.08. The molecule has 106 valence electrons. The van der Waals surface area contributed by atoms with Crippen LogP contribution in [-0.4, -0.2) is 33.2 Å². The zero-order valence-corrected chi connectivity index (χ0v) is 11.1. The Hall–Kier alpha value is -1.47. The summed E-state index contributed by atoms with van der Waals surface area (Å²) in [5.41, 5.74) is 5.41. The van der Waals surface area contributed by atoms with Crippen molar-refractivity contribution in [2.45, 2.75) is 23.4 Å². The molecule has 0 amide bonds. The topological polar surface area (TPSA) is 89.1 Å². The van der Waals surface area contributed by atoms with Crippen LogP contribution in [0.3, 0.4) is 0 Å². The monoisotopic (exact) mass is 313 g/mol. The number of nitrogens with two attached hydrogens (primary N) is 1. The van der Waals surface area contributed by atoms with Crippen molar-refractivity contribution in [1.29, 1.82) is 0 Å². The van der Waals surface area contributed by atoms with Crippen LogP contribution in [-0.2, 0) is 4.79 Å². The Morgan fingerprint density at radius 1 is 1.53 bits per heavy atom. The Bertz CT molecular complexity index is 443. The first-order chi connectivity index (χ1) is 8.77. The van der Waals surface area contributed by atoms with E-state index in [9.17, 15) is 13.2 Å². The van der Waals surface area contributed by atoms with Gasteiger partial charge in [-0.25, -0.2) is 4.79 Å². The smallest absolute Gasteiger partial charge is 0.475 e. The van der Waals surface area contributed by atoms with E-state index in [0.29, 0.717) is 5.13 Å². The summed E-state index contributed by atoms with van der Waals surface area (Å²) in [4.78, 5) is 8.90. The molecule has 0 aliphatic carbocycles. The largest absolute Gasteiger partial charge is 0.490 e. The first-order valence-electron chi connectivity index (χ1n) is 4.72.